The Balaban J connectivity index is 0.00000220. The third-order valence-corrected chi connectivity index (χ3v) is 3.96. The van der Waals surface area contributed by atoms with Gasteiger partial charge in [-0.1, -0.05) is 23.7 Å². The Bertz CT molecular complexity index is 463. The average molecular weight is 369 g/mol. The van der Waals surface area contributed by atoms with Gasteiger partial charge < -0.3 is 15.5 Å². The molecule has 1 amide bonds. The summed E-state index contributed by atoms with van der Waals surface area (Å²) in [5.74, 6) is 0.209. The highest BCUT2D eigenvalue weighted by molar-refractivity contribution is 6.33. The number of nitrogens with two attached hydrogens (primary N) is 1. The van der Waals surface area contributed by atoms with Crippen LogP contribution in [0.4, 0.5) is 5.69 Å². The molecule has 0 aliphatic carbocycles. The summed E-state index contributed by atoms with van der Waals surface area (Å²) in [6.45, 7) is 5.09. The summed E-state index contributed by atoms with van der Waals surface area (Å²) in [6.07, 6.45) is 1.30. The van der Waals surface area contributed by atoms with Crippen LogP contribution in [0, 0.1) is 0 Å². The van der Waals surface area contributed by atoms with Gasteiger partial charge in [-0.15, -0.1) is 24.8 Å². The lowest BCUT2D eigenvalue weighted by atomic mass is 10.1. The molecule has 1 atom stereocenters. The molecule has 126 valence electrons. The van der Waals surface area contributed by atoms with Gasteiger partial charge in [0.05, 0.1) is 10.7 Å². The number of piperazine rings is 1. The molecule has 0 spiro atoms. The lowest BCUT2D eigenvalue weighted by Gasteiger charge is -2.36. The van der Waals surface area contributed by atoms with E-state index in [2.05, 4.69) is 4.90 Å². The molecule has 2 rings (SSSR count). The number of amides is 1. The van der Waals surface area contributed by atoms with Crippen LogP contribution >= 0.6 is 36.4 Å². The number of benzene rings is 1. The molecule has 1 aliphatic rings. The third kappa shape index (κ3) is 5.84. The van der Waals surface area contributed by atoms with Crippen molar-refractivity contribution in [2.24, 2.45) is 5.73 Å². The number of anilines is 1. The second-order valence-electron chi connectivity index (χ2n) is 5.34. The maximum Gasteiger partial charge on any atom is 0.222 e. The number of carbonyl (C=O) groups excluding carboxylic acids is 1. The third-order valence-electron chi connectivity index (χ3n) is 3.64. The molecule has 4 nitrogen and oxygen atoms in total. The van der Waals surface area contributed by atoms with Crippen LogP contribution in [0.3, 0.4) is 0 Å². The van der Waals surface area contributed by atoms with Crippen LogP contribution in [0.5, 0.6) is 0 Å². The number of nitrogens with zero attached hydrogens (tertiary/aromatic N) is 2. The molecule has 1 aromatic rings. The summed E-state index contributed by atoms with van der Waals surface area (Å²) in [5.41, 5.74) is 6.74. The zero-order valence-corrected chi connectivity index (χ0v) is 15.1. The van der Waals surface area contributed by atoms with E-state index in [0.717, 1.165) is 43.3 Å². The number of halogens is 3. The van der Waals surface area contributed by atoms with Gasteiger partial charge in [-0.2, -0.15) is 0 Å². The molecule has 0 saturated carbocycles. The SMILES string of the molecule is CC(N)CCC(=O)N1CCN(c2ccccc2Cl)CC1.Cl.Cl. The van der Waals surface area contributed by atoms with Crippen molar-refractivity contribution in [3.63, 3.8) is 0 Å². The second-order valence-corrected chi connectivity index (χ2v) is 5.74. The van der Waals surface area contributed by atoms with E-state index < -0.39 is 0 Å². The second kappa shape index (κ2) is 10.2. The van der Waals surface area contributed by atoms with Crippen LogP contribution in [0.2, 0.25) is 5.02 Å². The van der Waals surface area contributed by atoms with E-state index in [1.807, 2.05) is 36.1 Å². The first-order valence-electron chi connectivity index (χ1n) is 7.11. The van der Waals surface area contributed by atoms with Gasteiger partial charge in [0.1, 0.15) is 0 Å². The molecular formula is C15H24Cl3N3O. The van der Waals surface area contributed by atoms with E-state index in [-0.39, 0.29) is 36.8 Å². The van der Waals surface area contributed by atoms with E-state index in [1.54, 1.807) is 0 Å². The van der Waals surface area contributed by atoms with Gasteiger partial charge in [0.2, 0.25) is 5.91 Å². The highest BCUT2D eigenvalue weighted by Gasteiger charge is 2.22. The molecule has 1 unspecified atom stereocenters. The maximum absolute atomic E-state index is 12.0. The fourth-order valence-electron chi connectivity index (χ4n) is 2.41. The van der Waals surface area contributed by atoms with E-state index in [4.69, 9.17) is 17.3 Å². The molecule has 1 aliphatic heterocycles. The Morgan fingerprint density at radius 3 is 2.36 bits per heavy atom. The monoisotopic (exact) mass is 367 g/mol. The predicted molar refractivity (Wildman–Crippen MR) is 97.6 cm³/mol. The van der Waals surface area contributed by atoms with Crippen molar-refractivity contribution < 1.29 is 4.79 Å². The average Bonchev–Trinajstić information content (AvgIpc) is 2.45. The van der Waals surface area contributed by atoms with Crippen LogP contribution in [0.15, 0.2) is 24.3 Å². The smallest absolute Gasteiger partial charge is 0.222 e. The number of rotatable bonds is 4. The number of hydrogen-bond acceptors (Lipinski definition) is 3. The topological polar surface area (TPSA) is 49.6 Å². The predicted octanol–water partition coefficient (Wildman–Crippen LogP) is 2.96. The van der Waals surface area contributed by atoms with Crippen molar-refractivity contribution in [3.05, 3.63) is 29.3 Å². The highest BCUT2D eigenvalue weighted by atomic mass is 35.5. The van der Waals surface area contributed by atoms with Gasteiger partial charge in [-0.3, -0.25) is 4.79 Å². The molecule has 0 bridgehead atoms. The molecule has 1 saturated heterocycles. The van der Waals surface area contributed by atoms with E-state index >= 15 is 0 Å². The Kier molecular flexibility index (Phi) is 9.85. The zero-order valence-electron chi connectivity index (χ0n) is 12.7. The van der Waals surface area contributed by atoms with Gasteiger partial charge in [-0.25, -0.2) is 0 Å². The minimum Gasteiger partial charge on any atom is -0.367 e. The highest BCUT2D eigenvalue weighted by Crippen LogP contribution is 2.26. The molecule has 2 N–H and O–H groups in total. The molecule has 1 aromatic carbocycles. The molecule has 0 radical (unpaired) electrons. The minimum atomic E-state index is 0. The van der Waals surface area contributed by atoms with Crippen molar-refractivity contribution >= 4 is 48.0 Å². The first-order chi connectivity index (χ1) is 9.58. The summed E-state index contributed by atoms with van der Waals surface area (Å²) in [4.78, 5) is 16.2. The van der Waals surface area contributed by atoms with Crippen LogP contribution in [0.25, 0.3) is 0 Å². The van der Waals surface area contributed by atoms with Crippen molar-refractivity contribution in [2.45, 2.75) is 25.8 Å². The molecule has 7 heteroatoms. The summed E-state index contributed by atoms with van der Waals surface area (Å²) in [6, 6.07) is 7.93. The van der Waals surface area contributed by atoms with E-state index in [9.17, 15) is 4.79 Å². The summed E-state index contributed by atoms with van der Waals surface area (Å²) in [7, 11) is 0. The standard InChI is InChI=1S/C15H22ClN3O.2ClH/c1-12(17)6-7-15(20)19-10-8-18(9-11-19)14-5-3-2-4-13(14)16;;/h2-5,12H,6-11,17H2,1H3;2*1H. The number of para-hydroxylation sites is 1. The van der Waals surface area contributed by atoms with Gasteiger partial charge in [0.15, 0.2) is 0 Å². The lowest BCUT2D eigenvalue weighted by molar-refractivity contribution is -0.131. The zero-order chi connectivity index (χ0) is 14.5. The Labute approximate surface area is 149 Å². The van der Waals surface area contributed by atoms with Crippen LogP contribution in [-0.4, -0.2) is 43.0 Å². The van der Waals surface area contributed by atoms with Crippen molar-refractivity contribution in [1.29, 1.82) is 0 Å². The summed E-state index contributed by atoms with van der Waals surface area (Å²) in [5, 5.41) is 0.768. The fraction of sp³-hybridized carbons (Fsp3) is 0.533. The minimum absolute atomic E-state index is 0. The maximum atomic E-state index is 12.0. The van der Waals surface area contributed by atoms with E-state index in [0.29, 0.717) is 6.42 Å². The van der Waals surface area contributed by atoms with Crippen LogP contribution < -0.4 is 10.6 Å². The summed E-state index contributed by atoms with van der Waals surface area (Å²) < 4.78 is 0. The molecule has 1 fully saturated rings. The fourth-order valence-corrected chi connectivity index (χ4v) is 2.67. The first kappa shape index (κ1) is 21.3. The quantitative estimate of drug-likeness (QED) is 0.889. The van der Waals surface area contributed by atoms with Crippen LogP contribution in [0.1, 0.15) is 19.8 Å². The van der Waals surface area contributed by atoms with Crippen molar-refractivity contribution in [2.75, 3.05) is 31.1 Å². The van der Waals surface area contributed by atoms with Gasteiger partial charge >= 0.3 is 0 Å². The lowest BCUT2D eigenvalue weighted by Crippen LogP contribution is -2.49. The van der Waals surface area contributed by atoms with Crippen molar-refractivity contribution in [1.82, 2.24) is 4.90 Å². The number of hydrogen-bond donors (Lipinski definition) is 1. The Hall–Kier alpha value is -0.680. The van der Waals surface area contributed by atoms with Crippen LogP contribution in [-0.2, 0) is 4.79 Å². The van der Waals surface area contributed by atoms with Crippen molar-refractivity contribution in [3.8, 4) is 0 Å². The Morgan fingerprint density at radius 2 is 1.82 bits per heavy atom. The molecule has 0 aromatic heterocycles. The Morgan fingerprint density at radius 1 is 1.23 bits per heavy atom. The number of carbonyl (C=O) groups is 1. The van der Waals surface area contributed by atoms with Gasteiger partial charge in [0, 0.05) is 38.6 Å². The first-order valence-corrected chi connectivity index (χ1v) is 7.48. The molecule has 1 heterocycles. The summed E-state index contributed by atoms with van der Waals surface area (Å²) >= 11 is 6.20. The molecule has 22 heavy (non-hydrogen) atoms. The van der Waals surface area contributed by atoms with E-state index in [1.165, 1.54) is 0 Å². The molecular weight excluding hydrogens is 345 g/mol. The van der Waals surface area contributed by atoms with Gasteiger partial charge in [-0.05, 0) is 25.5 Å². The largest absolute Gasteiger partial charge is 0.367 e. The normalized spacial score (nSPS) is 15.6. The van der Waals surface area contributed by atoms with Gasteiger partial charge in [0.25, 0.3) is 0 Å².